The SMILES string of the molecule is O=C(NCCCCO)[C@H]1Cc2ccccc2CN1. The maximum absolute atomic E-state index is 11.9. The Bertz CT molecular complexity index is 407. The van der Waals surface area contributed by atoms with Crippen molar-refractivity contribution in [1.82, 2.24) is 10.6 Å². The molecule has 4 heteroatoms. The van der Waals surface area contributed by atoms with Crippen LogP contribution in [0.15, 0.2) is 24.3 Å². The van der Waals surface area contributed by atoms with Crippen molar-refractivity contribution in [1.29, 1.82) is 0 Å². The van der Waals surface area contributed by atoms with Crippen LogP contribution in [0.2, 0.25) is 0 Å². The van der Waals surface area contributed by atoms with Gasteiger partial charge in [-0.25, -0.2) is 0 Å². The summed E-state index contributed by atoms with van der Waals surface area (Å²) in [6, 6.07) is 8.09. The Labute approximate surface area is 107 Å². The van der Waals surface area contributed by atoms with Crippen molar-refractivity contribution in [2.75, 3.05) is 13.2 Å². The Morgan fingerprint density at radius 2 is 2.11 bits per heavy atom. The predicted octanol–water partition coefficient (Wildman–Crippen LogP) is 0.590. The van der Waals surface area contributed by atoms with Crippen LogP contribution in [0.5, 0.6) is 0 Å². The van der Waals surface area contributed by atoms with E-state index in [4.69, 9.17) is 5.11 Å². The highest BCUT2D eigenvalue weighted by atomic mass is 16.2. The number of hydrogen-bond acceptors (Lipinski definition) is 3. The van der Waals surface area contributed by atoms with Crippen LogP contribution < -0.4 is 10.6 Å². The Kier molecular flexibility index (Phi) is 4.73. The molecule has 1 aromatic rings. The third kappa shape index (κ3) is 3.31. The number of aliphatic hydroxyl groups excluding tert-OH is 1. The van der Waals surface area contributed by atoms with E-state index in [9.17, 15) is 4.79 Å². The van der Waals surface area contributed by atoms with Gasteiger partial charge in [-0.1, -0.05) is 24.3 Å². The van der Waals surface area contributed by atoms with Crippen molar-refractivity contribution in [3.63, 3.8) is 0 Å². The van der Waals surface area contributed by atoms with E-state index in [2.05, 4.69) is 22.8 Å². The van der Waals surface area contributed by atoms with Gasteiger partial charge in [0.15, 0.2) is 0 Å². The van der Waals surface area contributed by atoms with Crippen molar-refractivity contribution < 1.29 is 9.90 Å². The average Bonchev–Trinajstić information content (AvgIpc) is 2.43. The van der Waals surface area contributed by atoms with Crippen molar-refractivity contribution >= 4 is 5.91 Å². The molecule has 0 unspecified atom stereocenters. The van der Waals surface area contributed by atoms with Crippen LogP contribution in [0.1, 0.15) is 24.0 Å². The largest absolute Gasteiger partial charge is 0.396 e. The highest BCUT2D eigenvalue weighted by molar-refractivity contribution is 5.82. The molecule has 1 aliphatic heterocycles. The Morgan fingerprint density at radius 1 is 1.33 bits per heavy atom. The molecular weight excluding hydrogens is 228 g/mol. The summed E-state index contributed by atoms with van der Waals surface area (Å²) in [7, 11) is 0. The van der Waals surface area contributed by atoms with Crippen molar-refractivity contribution in [3.05, 3.63) is 35.4 Å². The number of nitrogens with one attached hydrogen (secondary N) is 2. The summed E-state index contributed by atoms with van der Waals surface area (Å²) in [6.45, 7) is 1.58. The summed E-state index contributed by atoms with van der Waals surface area (Å²) >= 11 is 0. The summed E-state index contributed by atoms with van der Waals surface area (Å²) < 4.78 is 0. The maximum atomic E-state index is 11.9. The van der Waals surface area contributed by atoms with Crippen LogP contribution in [-0.2, 0) is 17.8 Å². The molecule has 0 bridgehead atoms. The second-order valence-electron chi connectivity index (χ2n) is 4.63. The Hall–Kier alpha value is -1.39. The molecular formula is C14H20N2O2. The summed E-state index contributed by atoms with van der Waals surface area (Å²) in [5, 5.41) is 14.8. The molecule has 0 saturated heterocycles. The molecule has 1 heterocycles. The lowest BCUT2D eigenvalue weighted by Gasteiger charge is -2.25. The van der Waals surface area contributed by atoms with E-state index in [0.717, 1.165) is 25.8 Å². The molecule has 1 atom stereocenters. The van der Waals surface area contributed by atoms with Crippen LogP contribution in [0.3, 0.4) is 0 Å². The van der Waals surface area contributed by atoms with E-state index >= 15 is 0 Å². The summed E-state index contributed by atoms with van der Waals surface area (Å²) in [5.74, 6) is 0.0578. The first-order valence-corrected chi connectivity index (χ1v) is 6.50. The van der Waals surface area contributed by atoms with Gasteiger partial charge in [0.25, 0.3) is 0 Å². The quantitative estimate of drug-likeness (QED) is 0.668. The van der Waals surface area contributed by atoms with Gasteiger partial charge in [0.05, 0.1) is 6.04 Å². The van der Waals surface area contributed by atoms with Crippen molar-refractivity contribution in [2.45, 2.75) is 31.8 Å². The van der Waals surface area contributed by atoms with Gasteiger partial charge in [-0.3, -0.25) is 4.79 Å². The molecule has 4 nitrogen and oxygen atoms in total. The smallest absolute Gasteiger partial charge is 0.237 e. The second kappa shape index (κ2) is 6.52. The number of aliphatic hydroxyl groups is 1. The van der Waals surface area contributed by atoms with Crippen LogP contribution in [-0.4, -0.2) is 30.2 Å². The minimum atomic E-state index is -0.131. The third-order valence-corrected chi connectivity index (χ3v) is 3.28. The van der Waals surface area contributed by atoms with E-state index in [-0.39, 0.29) is 18.6 Å². The number of hydrogen-bond donors (Lipinski definition) is 3. The standard InChI is InChI=1S/C14H20N2O2/c17-8-4-3-7-15-14(18)13-9-11-5-1-2-6-12(11)10-16-13/h1-2,5-6,13,16-17H,3-4,7-10H2,(H,15,18)/t13-/m1/s1. The maximum Gasteiger partial charge on any atom is 0.237 e. The van der Waals surface area contributed by atoms with E-state index < -0.39 is 0 Å². The van der Waals surface area contributed by atoms with Gasteiger partial charge >= 0.3 is 0 Å². The zero-order valence-electron chi connectivity index (χ0n) is 10.5. The fraction of sp³-hybridized carbons (Fsp3) is 0.500. The number of fused-ring (bicyclic) bond motifs is 1. The zero-order valence-corrected chi connectivity index (χ0v) is 10.5. The van der Waals surface area contributed by atoms with Gasteiger partial charge in [0.2, 0.25) is 5.91 Å². The fourth-order valence-electron chi connectivity index (χ4n) is 2.21. The average molecular weight is 248 g/mol. The highest BCUT2D eigenvalue weighted by Crippen LogP contribution is 2.16. The number of amides is 1. The topological polar surface area (TPSA) is 61.4 Å². The first-order chi connectivity index (χ1) is 8.81. The summed E-state index contributed by atoms with van der Waals surface area (Å²) in [5.41, 5.74) is 2.54. The van der Waals surface area contributed by atoms with Gasteiger partial charge in [-0.05, 0) is 30.4 Å². The fourth-order valence-corrected chi connectivity index (χ4v) is 2.21. The van der Waals surface area contributed by atoms with Gasteiger partial charge < -0.3 is 15.7 Å². The Morgan fingerprint density at radius 3 is 2.89 bits per heavy atom. The molecule has 1 aromatic carbocycles. The number of unbranched alkanes of at least 4 members (excludes halogenated alkanes) is 1. The van der Waals surface area contributed by atoms with E-state index in [1.807, 2.05) is 12.1 Å². The number of carbonyl (C=O) groups excluding carboxylic acids is 1. The molecule has 0 radical (unpaired) electrons. The van der Waals surface area contributed by atoms with Gasteiger partial charge in [-0.2, -0.15) is 0 Å². The number of carbonyl (C=O) groups is 1. The monoisotopic (exact) mass is 248 g/mol. The summed E-state index contributed by atoms with van der Waals surface area (Å²) in [6.07, 6.45) is 2.31. The molecule has 1 amide bonds. The van der Waals surface area contributed by atoms with Gasteiger partial charge in [0, 0.05) is 19.7 Å². The lowest BCUT2D eigenvalue weighted by Crippen LogP contribution is -2.47. The van der Waals surface area contributed by atoms with Gasteiger partial charge in [0.1, 0.15) is 0 Å². The third-order valence-electron chi connectivity index (χ3n) is 3.28. The lowest BCUT2D eigenvalue weighted by molar-refractivity contribution is -0.123. The molecule has 18 heavy (non-hydrogen) atoms. The molecule has 0 aromatic heterocycles. The Balaban J connectivity index is 1.83. The number of benzene rings is 1. The first-order valence-electron chi connectivity index (χ1n) is 6.50. The summed E-state index contributed by atoms with van der Waals surface area (Å²) in [4.78, 5) is 11.9. The zero-order chi connectivity index (χ0) is 12.8. The normalized spacial score (nSPS) is 18.2. The first kappa shape index (κ1) is 13.1. The molecule has 1 aliphatic rings. The van der Waals surface area contributed by atoms with Crippen LogP contribution in [0, 0.1) is 0 Å². The van der Waals surface area contributed by atoms with Crippen LogP contribution >= 0.6 is 0 Å². The predicted molar refractivity (Wildman–Crippen MR) is 70.1 cm³/mol. The van der Waals surface area contributed by atoms with Crippen molar-refractivity contribution in [2.24, 2.45) is 0 Å². The molecule has 3 N–H and O–H groups in total. The van der Waals surface area contributed by atoms with E-state index in [0.29, 0.717) is 6.54 Å². The van der Waals surface area contributed by atoms with Crippen LogP contribution in [0.25, 0.3) is 0 Å². The van der Waals surface area contributed by atoms with Crippen molar-refractivity contribution in [3.8, 4) is 0 Å². The van der Waals surface area contributed by atoms with E-state index in [1.54, 1.807) is 0 Å². The molecule has 0 fully saturated rings. The molecule has 0 saturated carbocycles. The van der Waals surface area contributed by atoms with Crippen LogP contribution in [0.4, 0.5) is 0 Å². The van der Waals surface area contributed by atoms with Gasteiger partial charge in [-0.15, -0.1) is 0 Å². The molecule has 0 aliphatic carbocycles. The molecule has 2 rings (SSSR count). The number of rotatable bonds is 5. The minimum absolute atomic E-state index is 0.0578. The molecule has 0 spiro atoms. The molecule has 98 valence electrons. The highest BCUT2D eigenvalue weighted by Gasteiger charge is 2.23. The minimum Gasteiger partial charge on any atom is -0.396 e. The lowest BCUT2D eigenvalue weighted by atomic mass is 9.95. The second-order valence-corrected chi connectivity index (χ2v) is 4.63. The van der Waals surface area contributed by atoms with E-state index in [1.165, 1.54) is 11.1 Å².